The maximum Gasteiger partial charge on any atom is 0.152 e. The van der Waals surface area contributed by atoms with Crippen LogP contribution in [-0.4, -0.2) is 32.4 Å². The number of alkyl halides is 1. The number of aromatic amines is 2. The molecule has 2 aliphatic rings. The maximum absolute atomic E-state index is 6.19. The number of halogens is 1. The predicted octanol–water partition coefficient (Wildman–Crippen LogP) is 6.94. The van der Waals surface area contributed by atoms with Crippen molar-refractivity contribution in [3.8, 4) is 16.9 Å². The van der Waals surface area contributed by atoms with Crippen molar-refractivity contribution in [3.05, 3.63) is 89.5 Å². The fourth-order valence-corrected chi connectivity index (χ4v) is 4.31. The van der Waals surface area contributed by atoms with E-state index in [1.165, 1.54) is 0 Å². The van der Waals surface area contributed by atoms with Crippen molar-refractivity contribution in [3.63, 3.8) is 0 Å². The zero-order chi connectivity index (χ0) is 22.9. The van der Waals surface area contributed by atoms with E-state index in [0.29, 0.717) is 12.5 Å². The van der Waals surface area contributed by atoms with Crippen molar-refractivity contribution in [2.24, 2.45) is 0 Å². The molecule has 1 aromatic carbocycles. The van der Waals surface area contributed by atoms with Crippen LogP contribution in [0.25, 0.3) is 57.5 Å². The lowest BCUT2D eigenvalue weighted by molar-refractivity contribution is 0.348. The van der Waals surface area contributed by atoms with Gasteiger partial charge in [0.05, 0.1) is 39.7 Å². The van der Waals surface area contributed by atoms with Crippen LogP contribution in [0.1, 0.15) is 22.8 Å². The zero-order valence-electron chi connectivity index (χ0n) is 18.3. The van der Waals surface area contributed by atoms with E-state index in [2.05, 4.69) is 22.1 Å². The largest absolute Gasteiger partial charge is 0.489 e. The van der Waals surface area contributed by atoms with Gasteiger partial charge in [-0.3, -0.25) is 0 Å². The Balaban J connectivity index is 1.71. The molecule has 0 unspecified atom stereocenters. The average Bonchev–Trinajstić information content (AvgIpc) is 3.63. The Morgan fingerprint density at radius 1 is 0.676 bits per heavy atom. The van der Waals surface area contributed by atoms with E-state index in [9.17, 15) is 0 Å². The van der Waals surface area contributed by atoms with E-state index >= 15 is 0 Å². The average molecular weight is 465 g/mol. The number of H-pyrrole nitrogens is 2. The number of ether oxygens (including phenoxy) is 1. The number of hydrogen-bond donors (Lipinski definition) is 2. The number of aromatic nitrogens is 4. The van der Waals surface area contributed by atoms with Gasteiger partial charge >= 0.3 is 0 Å². The van der Waals surface area contributed by atoms with Gasteiger partial charge in [0.15, 0.2) is 5.75 Å². The lowest BCUT2D eigenvalue weighted by Gasteiger charge is -2.07. The highest BCUT2D eigenvalue weighted by Crippen LogP contribution is 2.38. The summed E-state index contributed by atoms with van der Waals surface area (Å²) in [7, 11) is 0. The Bertz CT molecular complexity index is 1600. The number of benzene rings is 1. The molecule has 166 valence electrons. The van der Waals surface area contributed by atoms with Gasteiger partial charge in [-0.15, -0.1) is 11.6 Å². The molecule has 0 saturated heterocycles. The van der Waals surface area contributed by atoms with Crippen LogP contribution in [0.2, 0.25) is 0 Å². The summed E-state index contributed by atoms with van der Waals surface area (Å²) >= 11 is 5.99. The first-order valence-electron chi connectivity index (χ1n) is 11.1. The van der Waals surface area contributed by atoms with E-state index in [-0.39, 0.29) is 0 Å². The Kier molecular flexibility index (Phi) is 5.24. The summed E-state index contributed by atoms with van der Waals surface area (Å²) in [6, 6.07) is 22.4. The van der Waals surface area contributed by atoms with Gasteiger partial charge in [0.1, 0.15) is 6.61 Å². The SMILES string of the molecule is ClCCOc1c(-c2ccccc2)c2cc3nc(cc4ccc(cc5nc(cc1[nH]2)C=C5)[nH]4)C=C3. The highest BCUT2D eigenvalue weighted by Gasteiger charge is 2.16. The molecule has 0 atom stereocenters. The number of fused-ring (bicyclic) bond motifs is 8. The maximum atomic E-state index is 6.19. The van der Waals surface area contributed by atoms with Crippen LogP contribution >= 0.6 is 11.6 Å². The molecule has 0 radical (unpaired) electrons. The second-order valence-electron chi connectivity index (χ2n) is 8.10. The minimum absolute atomic E-state index is 0.396. The Labute approximate surface area is 201 Å². The minimum atomic E-state index is 0.396. The second-order valence-corrected chi connectivity index (χ2v) is 8.47. The third kappa shape index (κ3) is 4.02. The number of hydrogen-bond acceptors (Lipinski definition) is 3. The van der Waals surface area contributed by atoms with Crippen LogP contribution in [0.3, 0.4) is 0 Å². The van der Waals surface area contributed by atoms with Gasteiger partial charge in [-0.25, -0.2) is 9.97 Å². The van der Waals surface area contributed by atoms with Crippen molar-refractivity contribution in [2.45, 2.75) is 0 Å². The molecule has 3 aromatic heterocycles. The number of nitrogens with one attached hydrogen (secondary N) is 2. The van der Waals surface area contributed by atoms with Gasteiger partial charge < -0.3 is 14.7 Å². The fourth-order valence-electron chi connectivity index (χ4n) is 4.24. The van der Waals surface area contributed by atoms with E-state index in [1.54, 1.807) is 0 Å². The summed E-state index contributed by atoms with van der Waals surface area (Å²) in [6.45, 7) is 0.398. The molecule has 0 saturated carbocycles. The molecule has 0 spiro atoms. The Morgan fingerprint density at radius 3 is 1.88 bits per heavy atom. The van der Waals surface area contributed by atoms with E-state index in [1.807, 2.05) is 78.9 Å². The highest BCUT2D eigenvalue weighted by molar-refractivity contribution is 6.18. The molecule has 4 aromatic rings. The van der Waals surface area contributed by atoms with Gasteiger partial charge in [0.2, 0.25) is 0 Å². The minimum Gasteiger partial charge on any atom is -0.489 e. The molecule has 0 fully saturated rings. The molecule has 0 aliphatic carbocycles. The molecule has 6 heteroatoms. The highest BCUT2D eigenvalue weighted by atomic mass is 35.5. The summed E-state index contributed by atoms with van der Waals surface area (Å²) in [5.74, 6) is 1.15. The summed E-state index contributed by atoms with van der Waals surface area (Å²) < 4.78 is 6.19. The summed E-state index contributed by atoms with van der Waals surface area (Å²) in [4.78, 5) is 16.5. The topological polar surface area (TPSA) is 66.6 Å². The lowest BCUT2D eigenvalue weighted by atomic mass is 10.1. The van der Waals surface area contributed by atoms with Crippen LogP contribution in [0.15, 0.2) is 66.7 Å². The molecule has 5 nitrogen and oxygen atoms in total. The van der Waals surface area contributed by atoms with Crippen LogP contribution in [0.4, 0.5) is 0 Å². The molecule has 34 heavy (non-hydrogen) atoms. The van der Waals surface area contributed by atoms with Crippen molar-refractivity contribution in [1.82, 2.24) is 19.9 Å². The van der Waals surface area contributed by atoms with Crippen LogP contribution < -0.4 is 4.74 Å². The fraction of sp³-hybridized carbons (Fsp3) is 0.0714. The molecule has 5 heterocycles. The Hall–Kier alpha value is -4.09. The van der Waals surface area contributed by atoms with Crippen LogP contribution in [0.5, 0.6) is 5.75 Å². The van der Waals surface area contributed by atoms with Gasteiger partial charge in [-0.1, -0.05) is 30.3 Å². The van der Waals surface area contributed by atoms with Crippen LogP contribution in [-0.2, 0) is 0 Å². The van der Waals surface area contributed by atoms with Crippen molar-refractivity contribution < 1.29 is 4.74 Å². The van der Waals surface area contributed by atoms with E-state index in [4.69, 9.17) is 26.3 Å². The van der Waals surface area contributed by atoms with Crippen molar-refractivity contribution >= 4 is 58.0 Å². The standard InChI is InChI=1S/C28H21ClN4O/c29-12-13-34-28-26-17-24-11-9-22(32-24)15-20-7-6-19(30-20)14-21-8-10-23(31-21)16-25(33-26)27(28)18-4-2-1-3-5-18/h1-11,14-17,30,33H,12-13H2. The first-order valence-corrected chi connectivity index (χ1v) is 11.6. The molecule has 2 aliphatic heterocycles. The predicted molar refractivity (Wildman–Crippen MR) is 141 cm³/mol. The normalized spacial score (nSPS) is 12.3. The first-order chi connectivity index (χ1) is 16.7. The molecule has 8 bridgehead atoms. The summed E-state index contributed by atoms with van der Waals surface area (Å²) in [5.41, 5.74) is 9.23. The monoisotopic (exact) mass is 464 g/mol. The van der Waals surface area contributed by atoms with Gasteiger partial charge in [0.25, 0.3) is 0 Å². The second kappa shape index (κ2) is 8.69. The molecular formula is C28H21ClN4O. The van der Waals surface area contributed by atoms with Crippen LogP contribution in [0, 0.1) is 0 Å². The Morgan fingerprint density at radius 2 is 1.26 bits per heavy atom. The summed E-state index contributed by atoms with van der Waals surface area (Å²) in [5, 5.41) is 0. The molecule has 6 rings (SSSR count). The van der Waals surface area contributed by atoms with E-state index in [0.717, 1.165) is 61.7 Å². The van der Waals surface area contributed by atoms with Gasteiger partial charge in [-0.2, -0.15) is 0 Å². The summed E-state index contributed by atoms with van der Waals surface area (Å²) in [6.07, 6.45) is 8.04. The molecule has 2 N–H and O–H groups in total. The van der Waals surface area contributed by atoms with Gasteiger partial charge in [0, 0.05) is 16.6 Å². The zero-order valence-corrected chi connectivity index (χ0v) is 19.0. The van der Waals surface area contributed by atoms with E-state index < -0.39 is 0 Å². The number of rotatable bonds is 4. The molecule has 0 amide bonds. The third-order valence-electron chi connectivity index (χ3n) is 5.68. The van der Waals surface area contributed by atoms with Crippen molar-refractivity contribution in [2.75, 3.05) is 12.5 Å². The first kappa shape index (κ1) is 20.5. The van der Waals surface area contributed by atoms with Crippen molar-refractivity contribution in [1.29, 1.82) is 0 Å². The quantitative estimate of drug-likeness (QED) is 0.278. The molecular weight excluding hydrogens is 444 g/mol. The third-order valence-corrected chi connectivity index (χ3v) is 5.84. The number of nitrogens with zero attached hydrogens (tertiary/aromatic N) is 2. The smallest absolute Gasteiger partial charge is 0.152 e. The van der Waals surface area contributed by atoms with Gasteiger partial charge in [-0.05, 0) is 66.3 Å². The lowest BCUT2D eigenvalue weighted by Crippen LogP contribution is -1.98.